The van der Waals surface area contributed by atoms with Gasteiger partial charge in [-0.1, -0.05) is 15.9 Å². The van der Waals surface area contributed by atoms with Gasteiger partial charge in [0.1, 0.15) is 5.82 Å². The maximum atomic E-state index is 5.53. The molecule has 2 rings (SSSR count). The van der Waals surface area contributed by atoms with Gasteiger partial charge in [-0.2, -0.15) is 0 Å². The number of aromatic nitrogens is 2. The van der Waals surface area contributed by atoms with Crippen LogP contribution >= 0.6 is 15.9 Å². The van der Waals surface area contributed by atoms with Crippen molar-refractivity contribution in [2.24, 2.45) is 5.73 Å². The minimum atomic E-state index is 0.696. The van der Waals surface area contributed by atoms with Gasteiger partial charge in [-0.25, -0.2) is 9.97 Å². The van der Waals surface area contributed by atoms with Crippen LogP contribution < -0.4 is 5.73 Å². The number of fused-ring (bicyclic) bond motifs is 1. The van der Waals surface area contributed by atoms with E-state index in [1.165, 1.54) is 0 Å². The fourth-order valence-electron chi connectivity index (χ4n) is 1.76. The zero-order valence-electron chi connectivity index (χ0n) is 9.20. The van der Waals surface area contributed by atoms with E-state index in [-0.39, 0.29) is 0 Å². The monoisotopic (exact) mass is 279 g/mol. The van der Waals surface area contributed by atoms with Crippen LogP contribution in [0.3, 0.4) is 0 Å². The lowest BCUT2D eigenvalue weighted by Crippen LogP contribution is -2.03. The Bertz CT molecular complexity index is 506. The van der Waals surface area contributed by atoms with E-state index < -0.39 is 0 Å². The molecule has 0 spiro atoms. The normalized spacial score (nSPS) is 10.9. The van der Waals surface area contributed by atoms with Crippen LogP contribution in [0.1, 0.15) is 17.9 Å². The third-order valence-corrected chi connectivity index (χ3v) is 2.96. The van der Waals surface area contributed by atoms with Crippen molar-refractivity contribution >= 4 is 26.8 Å². The first-order chi connectivity index (χ1) is 7.70. The second-order valence-corrected chi connectivity index (χ2v) is 4.69. The SMILES string of the molecule is Cc1nc(CCCN)c2ccc(Br)cc2n1. The molecule has 0 aliphatic heterocycles. The highest BCUT2D eigenvalue weighted by Crippen LogP contribution is 2.21. The Morgan fingerprint density at radius 2 is 2.12 bits per heavy atom. The molecule has 1 heterocycles. The molecule has 1 aromatic heterocycles. The first kappa shape index (κ1) is 11.5. The Morgan fingerprint density at radius 3 is 2.88 bits per heavy atom. The fraction of sp³-hybridized carbons (Fsp3) is 0.333. The van der Waals surface area contributed by atoms with Gasteiger partial charge in [-0.05, 0) is 44.5 Å². The molecule has 0 unspecified atom stereocenters. The zero-order valence-corrected chi connectivity index (χ0v) is 10.8. The summed E-state index contributed by atoms with van der Waals surface area (Å²) in [5.74, 6) is 0.817. The molecule has 0 fully saturated rings. The van der Waals surface area contributed by atoms with Crippen LogP contribution in [0.4, 0.5) is 0 Å². The Balaban J connectivity index is 2.54. The molecule has 0 atom stereocenters. The predicted molar refractivity (Wildman–Crippen MR) is 69.4 cm³/mol. The molecule has 16 heavy (non-hydrogen) atoms. The molecule has 2 aromatic rings. The average Bonchev–Trinajstić information content (AvgIpc) is 2.25. The van der Waals surface area contributed by atoms with Gasteiger partial charge in [-0.15, -0.1) is 0 Å². The predicted octanol–water partition coefficient (Wildman–Crippen LogP) is 2.59. The third kappa shape index (κ3) is 2.39. The van der Waals surface area contributed by atoms with Gasteiger partial charge in [0, 0.05) is 9.86 Å². The highest BCUT2D eigenvalue weighted by molar-refractivity contribution is 9.10. The fourth-order valence-corrected chi connectivity index (χ4v) is 2.11. The molecule has 0 bridgehead atoms. The lowest BCUT2D eigenvalue weighted by molar-refractivity contribution is 0.808. The summed E-state index contributed by atoms with van der Waals surface area (Å²) in [5, 5.41) is 1.13. The highest BCUT2D eigenvalue weighted by atomic mass is 79.9. The minimum Gasteiger partial charge on any atom is -0.330 e. The van der Waals surface area contributed by atoms with E-state index in [9.17, 15) is 0 Å². The van der Waals surface area contributed by atoms with Crippen LogP contribution in [0.5, 0.6) is 0 Å². The largest absolute Gasteiger partial charge is 0.330 e. The molecule has 0 saturated carbocycles. The molecule has 4 heteroatoms. The van der Waals surface area contributed by atoms with Crippen molar-refractivity contribution in [3.05, 3.63) is 34.2 Å². The lowest BCUT2D eigenvalue weighted by Gasteiger charge is -2.06. The molecule has 0 amide bonds. The van der Waals surface area contributed by atoms with Crippen molar-refractivity contribution in [1.29, 1.82) is 0 Å². The van der Waals surface area contributed by atoms with Crippen LogP contribution in [0.25, 0.3) is 10.9 Å². The van der Waals surface area contributed by atoms with Gasteiger partial charge in [0.15, 0.2) is 0 Å². The second kappa shape index (κ2) is 4.89. The van der Waals surface area contributed by atoms with E-state index in [0.717, 1.165) is 39.7 Å². The maximum Gasteiger partial charge on any atom is 0.126 e. The molecule has 84 valence electrons. The van der Waals surface area contributed by atoms with E-state index in [1.54, 1.807) is 0 Å². The van der Waals surface area contributed by atoms with Gasteiger partial charge in [0.25, 0.3) is 0 Å². The van der Waals surface area contributed by atoms with Crippen LogP contribution in [0.2, 0.25) is 0 Å². The topological polar surface area (TPSA) is 51.8 Å². The smallest absolute Gasteiger partial charge is 0.126 e. The number of nitrogens with two attached hydrogens (primary N) is 1. The van der Waals surface area contributed by atoms with E-state index in [0.29, 0.717) is 6.54 Å². The molecule has 0 aliphatic rings. The Morgan fingerprint density at radius 1 is 1.31 bits per heavy atom. The Labute approximate surface area is 103 Å². The van der Waals surface area contributed by atoms with E-state index in [2.05, 4.69) is 32.0 Å². The standard InChI is InChI=1S/C12H14BrN3/c1-8-15-11(3-2-6-14)10-5-4-9(13)7-12(10)16-8/h4-5,7H,2-3,6,14H2,1H3. The van der Waals surface area contributed by atoms with E-state index >= 15 is 0 Å². The van der Waals surface area contributed by atoms with Gasteiger partial charge in [-0.3, -0.25) is 0 Å². The summed E-state index contributed by atoms with van der Waals surface area (Å²) in [6.45, 7) is 2.62. The quantitative estimate of drug-likeness (QED) is 0.940. The van der Waals surface area contributed by atoms with Crippen molar-refractivity contribution in [3.63, 3.8) is 0 Å². The van der Waals surface area contributed by atoms with Crippen LogP contribution in [0, 0.1) is 6.92 Å². The molecule has 0 aliphatic carbocycles. The number of hydrogen-bond donors (Lipinski definition) is 1. The molecule has 0 radical (unpaired) electrons. The summed E-state index contributed by atoms with van der Waals surface area (Å²) < 4.78 is 1.04. The Kier molecular flexibility index (Phi) is 3.51. The highest BCUT2D eigenvalue weighted by Gasteiger charge is 2.05. The van der Waals surface area contributed by atoms with Crippen molar-refractivity contribution in [2.75, 3.05) is 6.54 Å². The third-order valence-electron chi connectivity index (χ3n) is 2.47. The Hall–Kier alpha value is -1.00. The van der Waals surface area contributed by atoms with Crippen molar-refractivity contribution in [1.82, 2.24) is 9.97 Å². The van der Waals surface area contributed by atoms with E-state index in [1.807, 2.05) is 19.1 Å². The maximum absolute atomic E-state index is 5.53. The van der Waals surface area contributed by atoms with Gasteiger partial charge >= 0.3 is 0 Å². The first-order valence-electron chi connectivity index (χ1n) is 5.33. The average molecular weight is 280 g/mol. The molecule has 1 aromatic carbocycles. The second-order valence-electron chi connectivity index (χ2n) is 3.77. The number of aryl methyl sites for hydroxylation is 2. The minimum absolute atomic E-state index is 0.696. The van der Waals surface area contributed by atoms with E-state index in [4.69, 9.17) is 5.73 Å². The van der Waals surface area contributed by atoms with Gasteiger partial charge in [0.05, 0.1) is 11.2 Å². The summed E-state index contributed by atoms with van der Waals surface area (Å²) in [7, 11) is 0. The lowest BCUT2D eigenvalue weighted by atomic mass is 10.1. The first-order valence-corrected chi connectivity index (χ1v) is 6.13. The van der Waals surface area contributed by atoms with Crippen molar-refractivity contribution in [3.8, 4) is 0 Å². The zero-order chi connectivity index (χ0) is 11.5. The summed E-state index contributed by atoms with van der Waals surface area (Å²) >= 11 is 3.45. The molecular weight excluding hydrogens is 266 g/mol. The number of benzene rings is 1. The number of hydrogen-bond acceptors (Lipinski definition) is 3. The molecule has 3 nitrogen and oxygen atoms in total. The molecular formula is C12H14BrN3. The number of nitrogens with zero attached hydrogens (tertiary/aromatic N) is 2. The summed E-state index contributed by atoms with van der Waals surface area (Å²) in [5.41, 5.74) is 7.62. The van der Waals surface area contributed by atoms with Crippen LogP contribution in [0.15, 0.2) is 22.7 Å². The number of halogens is 1. The van der Waals surface area contributed by atoms with Crippen LogP contribution in [-0.2, 0) is 6.42 Å². The summed E-state index contributed by atoms with van der Waals surface area (Å²) in [6, 6.07) is 6.10. The molecule has 0 saturated heterocycles. The summed E-state index contributed by atoms with van der Waals surface area (Å²) in [4.78, 5) is 8.92. The van der Waals surface area contributed by atoms with Crippen LogP contribution in [-0.4, -0.2) is 16.5 Å². The van der Waals surface area contributed by atoms with Crippen molar-refractivity contribution in [2.45, 2.75) is 19.8 Å². The van der Waals surface area contributed by atoms with Gasteiger partial charge < -0.3 is 5.73 Å². The van der Waals surface area contributed by atoms with Crippen molar-refractivity contribution < 1.29 is 0 Å². The number of rotatable bonds is 3. The van der Waals surface area contributed by atoms with Gasteiger partial charge in [0.2, 0.25) is 0 Å². The summed E-state index contributed by atoms with van der Waals surface area (Å²) in [6.07, 6.45) is 1.87. The molecule has 2 N–H and O–H groups in total.